The van der Waals surface area contributed by atoms with Crippen molar-refractivity contribution in [2.45, 2.75) is 57.7 Å². The zero-order chi connectivity index (χ0) is 18.9. The Morgan fingerprint density at radius 1 is 1.19 bits per heavy atom. The first-order chi connectivity index (χ1) is 13.3. The Balaban J connectivity index is 1.35. The standard InChI is InChI=1S/C22H35N3O2/c1-3-18-6-8-19(9-7-18)10-13-24-22(23-2)25-14-11-20(12-15-25)27-17-21-5-4-16-26-21/h6-9,20-21H,3-5,10-17H2,1-2H3,(H,23,24). The van der Waals surface area contributed by atoms with Crippen molar-refractivity contribution in [3.8, 4) is 0 Å². The summed E-state index contributed by atoms with van der Waals surface area (Å²) in [5, 5.41) is 3.52. The number of aryl methyl sites for hydroxylation is 1. The second-order valence-electron chi connectivity index (χ2n) is 7.55. The maximum Gasteiger partial charge on any atom is 0.193 e. The average Bonchev–Trinajstić information content (AvgIpc) is 3.24. The predicted octanol–water partition coefficient (Wildman–Crippen LogP) is 3.03. The van der Waals surface area contributed by atoms with Gasteiger partial charge in [0.15, 0.2) is 5.96 Å². The van der Waals surface area contributed by atoms with Crippen LogP contribution in [0.25, 0.3) is 0 Å². The molecule has 27 heavy (non-hydrogen) atoms. The van der Waals surface area contributed by atoms with Crippen LogP contribution in [-0.4, -0.2) is 63.0 Å². The molecule has 1 aromatic rings. The highest BCUT2D eigenvalue weighted by molar-refractivity contribution is 5.79. The number of nitrogens with one attached hydrogen (secondary N) is 1. The van der Waals surface area contributed by atoms with E-state index in [1.54, 1.807) is 0 Å². The number of hydrogen-bond donors (Lipinski definition) is 1. The van der Waals surface area contributed by atoms with Crippen LogP contribution < -0.4 is 5.32 Å². The third-order valence-electron chi connectivity index (χ3n) is 5.62. The number of likely N-dealkylation sites (tertiary alicyclic amines) is 1. The minimum absolute atomic E-state index is 0.323. The lowest BCUT2D eigenvalue weighted by Crippen LogP contribution is -2.47. The Morgan fingerprint density at radius 3 is 2.56 bits per heavy atom. The highest BCUT2D eigenvalue weighted by Gasteiger charge is 2.24. The van der Waals surface area contributed by atoms with E-state index in [1.807, 2.05) is 7.05 Å². The summed E-state index contributed by atoms with van der Waals surface area (Å²) in [4.78, 5) is 6.83. The SMILES string of the molecule is CCc1ccc(CCNC(=NC)N2CCC(OCC3CCCO3)CC2)cc1. The quantitative estimate of drug-likeness (QED) is 0.589. The van der Waals surface area contributed by atoms with Crippen molar-refractivity contribution in [2.75, 3.05) is 39.9 Å². The molecule has 0 radical (unpaired) electrons. The zero-order valence-corrected chi connectivity index (χ0v) is 17.0. The fourth-order valence-corrected chi connectivity index (χ4v) is 3.85. The van der Waals surface area contributed by atoms with Gasteiger partial charge in [-0.25, -0.2) is 0 Å². The first-order valence-electron chi connectivity index (χ1n) is 10.5. The molecule has 5 nitrogen and oxygen atoms in total. The van der Waals surface area contributed by atoms with E-state index in [9.17, 15) is 0 Å². The van der Waals surface area contributed by atoms with Crippen LogP contribution in [0.4, 0.5) is 0 Å². The molecule has 1 aromatic carbocycles. The molecule has 0 saturated carbocycles. The molecule has 0 spiro atoms. The van der Waals surface area contributed by atoms with Crippen LogP contribution in [0.1, 0.15) is 43.7 Å². The molecular weight excluding hydrogens is 338 g/mol. The summed E-state index contributed by atoms with van der Waals surface area (Å²) < 4.78 is 11.7. The van der Waals surface area contributed by atoms with Gasteiger partial charge in [0.1, 0.15) is 0 Å². The van der Waals surface area contributed by atoms with E-state index in [0.29, 0.717) is 12.2 Å². The Hall–Kier alpha value is -1.59. The highest BCUT2D eigenvalue weighted by Crippen LogP contribution is 2.17. The van der Waals surface area contributed by atoms with Crippen LogP contribution in [0.5, 0.6) is 0 Å². The van der Waals surface area contributed by atoms with Crippen LogP contribution in [0, 0.1) is 0 Å². The molecule has 3 rings (SSSR count). The topological polar surface area (TPSA) is 46.1 Å². The third-order valence-corrected chi connectivity index (χ3v) is 5.62. The fraction of sp³-hybridized carbons (Fsp3) is 0.682. The number of guanidine groups is 1. The average molecular weight is 374 g/mol. The van der Waals surface area contributed by atoms with Gasteiger partial charge < -0.3 is 19.7 Å². The third kappa shape index (κ3) is 6.22. The van der Waals surface area contributed by atoms with Gasteiger partial charge in [-0.3, -0.25) is 4.99 Å². The minimum atomic E-state index is 0.323. The van der Waals surface area contributed by atoms with Crippen molar-refractivity contribution in [1.82, 2.24) is 10.2 Å². The van der Waals surface area contributed by atoms with Crippen molar-refractivity contribution in [3.63, 3.8) is 0 Å². The number of rotatable bonds is 7. The summed E-state index contributed by atoms with van der Waals surface area (Å²) in [6.07, 6.45) is 7.25. The highest BCUT2D eigenvalue weighted by atomic mass is 16.5. The van der Waals surface area contributed by atoms with E-state index in [4.69, 9.17) is 9.47 Å². The van der Waals surface area contributed by atoms with Crippen LogP contribution in [0.3, 0.4) is 0 Å². The van der Waals surface area contributed by atoms with Gasteiger partial charge in [0.25, 0.3) is 0 Å². The molecule has 150 valence electrons. The molecular formula is C22H35N3O2. The summed E-state index contributed by atoms with van der Waals surface area (Å²) in [5.74, 6) is 1.01. The predicted molar refractivity (Wildman–Crippen MR) is 110 cm³/mol. The van der Waals surface area contributed by atoms with E-state index >= 15 is 0 Å². The van der Waals surface area contributed by atoms with Gasteiger partial charge >= 0.3 is 0 Å². The minimum Gasteiger partial charge on any atom is -0.376 e. The summed E-state index contributed by atoms with van der Waals surface area (Å²) >= 11 is 0. The van der Waals surface area contributed by atoms with E-state index < -0.39 is 0 Å². The normalized spacial score (nSPS) is 21.6. The Kier molecular flexibility index (Phi) is 7.96. The lowest BCUT2D eigenvalue weighted by Gasteiger charge is -2.34. The van der Waals surface area contributed by atoms with E-state index in [2.05, 4.69) is 46.4 Å². The summed E-state index contributed by atoms with van der Waals surface area (Å²) in [7, 11) is 1.87. The lowest BCUT2D eigenvalue weighted by atomic mass is 10.1. The van der Waals surface area contributed by atoms with Gasteiger partial charge in [0.05, 0.1) is 18.8 Å². The Labute approximate surface area is 164 Å². The number of ether oxygens (including phenoxy) is 2. The van der Waals surface area contributed by atoms with Crippen LogP contribution >= 0.6 is 0 Å². The molecule has 0 amide bonds. The van der Waals surface area contributed by atoms with Gasteiger partial charge in [-0.15, -0.1) is 0 Å². The number of hydrogen-bond acceptors (Lipinski definition) is 3. The Morgan fingerprint density at radius 2 is 1.93 bits per heavy atom. The van der Waals surface area contributed by atoms with Crippen molar-refractivity contribution in [2.24, 2.45) is 4.99 Å². The second kappa shape index (κ2) is 10.7. The summed E-state index contributed by atoms with van der Waals surface area (Å²) in [6.45, 7) is 6.76. The van der Waals surface area contributed by atoms with Crippen molar-refractivity contribution in [1.29, 1.82) is 0 Å². The number of nitrogens with zero attached hydrogens (tertiary/aromatic N) is 2. The maximum atomic E-state index is 6.07. The number of piperidine rings is 1. The molecule has 2 heterocycles. The zero-order valence-electron chi connectivity index (χ0n) is 17.0. The fourth-order valence-electron chi connectivity index (χ4n) is 3.85. The van der Waals surface area contributed by atoms with Gasteiger partial charge in [0, 0.05) is 33.3 Å². The van der Waals surface area contributed by atoms with Gasteiger partial charge in [-0.05, 0) is 49.7 Å². The molecule has 1 atom stereocenters. The molecule has 1 N–H and O–H groups in total. The van der Waals surface area contributed by atoms with Crippen molar-refractivity contribution in [3.05, 3.63) is 35.4 Å². The molecule has 0 aromatic heterocycles. The molecule has 2 saturated heterocycles. The van der Waals surface area contributed by atoms with E-state index in [1.165, 1.54) is 17.5 Å². The first-order valence-corrected chi connectivity index (χ1v) is 10.5. The van der Waals surface area contributed by atoms with Gasteiger partial charge in [-0.1, -0.05) is 31.2 Å². The van der Waals surface area contributed by atoms with Gasteiger partial charge in [0.2, 0.25) is 0 Å². The Bertz CT molecular complexity index is 574. The molecule has 0 bridgehead atoms. The van der Waals surface area contributed by atoms with Crippen LogP contribution in [0.2, 0.25) is 0 Å². The van der Waals surface area contributed by atoms with E-state index in [-0.39, 0.29) is 0 Å². The lowest BCUT2D eigenvalue weighted by molar-refractivity contribution is -0.0367. The van der Waals surface area contributed by atoms with Crippen LogP contribution in [0.15, 0.2) is 29.3 Å². The smallest absolute Gasteiger partial charge is 0.193 e. The van der Waals surface area contributed by atoms with E-state index in [0.717, 1.165) is 70.9 Å². The first kappa shape index (κ1) is 20.2. The van der Waals surface area contributed by atoms with Gasteiger partial charge in [-0.2, -0.15) is 0 Å². The molecule has 2 aliphatic rings. The molecule has 1 unspecified atom stereocenters. The van der Waals surface area contributed by atoms with Crippen molar-refractivity contribution >= 4 is 5.96 Å². The second-order valence-corrected chi connectivity index (χ2v) is 7.55. The monoisotopic (exact) mass is 373 g/mol. The van der Waals surface area contributed by atoms with Crippen molar-refractivity contribution < 1.29 is 9.47 Å². The summed E-state index contributed by atoms with van der Waals surface area (Å²) in [5.41, 5.74) is 2.77. The van der Waals surface area contributed by atoms with Crippen LogP contribution in [-0.2, 0) is 22.3 Å². The largest absolute Gasteiger partial charge is 0.376 e. The molecule has 2 aliphatic heterocycles. The molecule has 0 aliphatic carbocycles. The maximum absolute atomic E-state index is 6.07. The summed E-state index contributed by atoms with van der Waals surface area (Å²) in [6, 6.07) is 8.93. The number of aliphatic imine (C=N–C) groups is 1. The molecule has 5 heteroatoms. The number of benzene rings is 1. The molecule has 2 fully saturated rings.